The second-order valence-corrected chi connectivity index (χ2v) is 7.39. The quantitative estimate of drug-likeness (QED) is 0.313. The molecule has 1 aromatic rings. The van der Waals surface area contributed by atoms with Crippen molar-refractivity contribution in [3.63, 3.8) is 0 Å². The number of para-hydroxylation sites is 1. The molecule has 0 N–H and O–H groups in total. The molecule has 0 saturated carbocycles. The van der Waals surface area contributed by atoms with Crippen molar-refractivity contribution in [2.75, 3.05) is 6.61 Å². The van der Waals surface area contributed by atoms with E-state index < -0.39 is 16.9 Å². The van der Waals surface area contributed by atoms with Gasteiger partial charge >= 0.3 is 5.97 Å². The van der Waals surface area contributed by atoms with E-state index in [1.165, 1.54) is 28.8 Å². The van der Waals surface area contributed by atoms with Crippen molar-refractivity contribution in [1.82, 2.24) is 4.90 Å². The number of rotatable bonds is 6. The first-order valence-electron chi connectivity index (χ1n) is 8.71. The number of ether oxygens (including phenoxy) is 1. The van der Waals surface area contributed by atoms with Gasteiger partial charge in [-0.1, -0.05) is 43.5 Å². The van der Waals surface area contributed by atoms with Crippen molar-refractivity contribution in [1.29, 1.82) is 0 Å². The van der Waals surface area contributed by atoms with Crippen molar-refractivity contribution in [2.24, 2.45) is 4.99 Å². The van der Waals surface area contributed by atoms with Crippen LogP contribution in [0.3, 0.4) is 0 Å². The summed E-state index contributed by atoms with van der Waals surface area (Å²) in [6.45, 7) is 7.02. The number of esters is 1. The molecule has 0 aliphatic carbocycles. The minimum atomic E-state index is -0.969. The largest absolute Gasteiger partial charge is 0.458 e. The van der Waals surface area contributed by atoms with Crippen LogP contribution in [0.5, 0.6) is 0 Å². The van der Waals surface area contributed by atoms with Gasteiger partial charge in [-0.15, -0.1) is 0 Å². The fourth-order valence-corrected chi connectivity index (χ4v) is 4.38. The molecule has 3 rings (SSSR count). The second kappa shape index (κ2) is 7.97. The SMILES string of the molecule is C=CCOC(=O)C1=C(C)N=C2SC(CC)C(=O)N2C1c1ccccc1[N+](=O)[O-]. The molecule has 2 aliphatic heterocycles. The van der Waals surface area contributed by atoms with E-state index in [4.69, 9.17) is 4.74 Å². The van der Waals surface area contributed by atoms with Gasteiger partial charge in [0.15, 0.2) is 5.17 Å². The summed E-state index contributed by atoms with van der Waals surface area (Å²) >= 11 is 1.30. The molecule has 0 bridgehead atoms. The number of allylic oxidation sites excluding steroid dienone is 1. The zero-order valence-electron chi connectivity index (χ0n) is 15.5. The number of aliphatic imine (C=N–C) groups is 1. The number of amidine groups is 1. The first-order valence-corrected chi connectivity index (χ1v) is 9.59. The summed E-state index contributed by atoms with van der Waals surface area (Å²) in [4.78, 5) is 42.7. The topological polar surface area (TPSA) is 102 Å². The normalized spacial score (nSPS) is 21.3. The molecular formula is C19H19N3O5S. The number of nitro groups is 1. The molecule has 2 aliphatic rings. The Bertz CT molecular complexity index is 924. The summed E-state index contributed by atoms with van der Waals surface area (Å²) in [5.74, 6) is -0.906. The first-order chi connectivity index (χ1) is 13.4. The highest BCUT2D eigenvalue weighted by molar-refractivity contribution is 8.15. The molecule has 1 fully saturated rings. The minimum absolute atomic E-state index is 0.0178. The average Bonchev–Trinajstić information content (AvgIpc) is 3.00. The van der Waals surface area contributed by atoms with Gasteiger partial charge in [0.2, 0.25) is 5.91 Å². The van der Waals surface area contributed by atoms with Crippen LogP contribution in [0.2, 0.25) is 0 Å². The van der Waals surface area contributed by atoms with Crippen molar-refractivity contribution in [3.8, 4) is 0 Å². The third-order valence-corrected chi connectivity index (χ3v) is 5.82. The molecule has 2 unspecified atom stereocenters. The van der Waals surface area contributed by atoms with Gasteiger partial charge in [-0.2, -0.15) is 0 Å². The molecule has 1 amide bonds. The number of hydrogen-bond acceptors (Lipinski definition) is 7. The Morgan fingerprint density at radius 2 is 2.18 bits per heavy atom. The van der Waals surface area contributed by atoms with Crippen LogP contribution in [0.4, 0.5) is 5.69 Å². The maximum atomic E-state index is 13.0. The highest BCUT2D eigenvalue weighted by atomic mass is 32.2. The lowest BCUT2D eigenvalue weighted by atomic mass is 9.93. The van der Waals surface area contributed by atoms with E-state index in [1.807, 2.05) is 6.92 Å². The molecule has 0 radical (unpaired) electrons. The van der Waals surface area contributed by atoms with Crippen molar-refractivity contribution in [3.05, 3.63) is 63.9 Å². The Morgan fingerprint density at radius 3 is 2.82 bits per heavy atom. The van der Waals surface area contributed by atoms with E-state index in [0.717, 1.165) is 0 Å². The predicted molar refractivity (Wildman–Crippen MR) is 106 cm³/mol. The number of hydrogen-bond donors (Lipinski definition) is 0. The average molecular weight is 401 g/mol. The molecule has 0 spiro atoms. The molecule has 146 valence electrons. The number of nitro benzene ring substituents is 1. The predicted octanol–water partition coefficient (Wildman–Crippen LogP) is 3.36. The summed E-state index contributed by atoms with van der Waals surface area (Å²) in [7, 11) is 0. The van der Waals surface area contributed by atoms with Gasteiger partial charge in [0.1, 0.15) is 12.6 Å². The van der Waals surface area contributed by atoms with Crippen LogP contribution in [-0.2, 0) is 14.3 Å². The fraction of sp³-hybridized carbons (Fsp3) is 0.316. The van der Waals surface area contributed by atoms with Gasteiger partial charge in [-0.3, -0.25) is 19.8 Å². The molecule has 1 saturated heterocycles. The van der Waals surface area contributed by atoms with Crippen LogP contribution in [-0.4, -0.2) is 38.7 Å². The van der Waals surface area contributed by atoms with Crippen molar-refractivity contribution >= 4 is 34.5 Å². The number of amides is 1. The monoisotopic (exact) mass is 401 g/mol. The Hall–Kier alpha value is -2.94. The highest BCUT2D eigenvalue weighted by Crippen LogP contribution is 2.45. The summed E-state index contributed by atoms with van der Waals surface area (Å²) in [6, 6.07) is 5.12. The Balaban J connectivity index is 2.19. The van der Waals surface area contributed by atoms with Crippen molar-refractivity contribution < 1.29 is 19.2 Å². The Morgan fingerprint density at radius 1 is 1.46 bits per heavy atom. The number of thioether (sulfide) groups is 1. The Kier molecular flexibility index (Phi) is 5.64. The number of nitrogens with zero attached hydrogens (tertiary/aromatic N) is 3. The van der Waals surface area contributed by atoms with Crippen LogP contribution in [0.25, 0.3) is 0 Å². The number of carbonyl (C=O) groups is 2. The fourth-order valence-electron chi connectivity index (χ4n) is 3.24. The third-order valence-electron chi connectivity index (χ3n) is 4.50. The van der Waals surface area contributed by atoms with E-state index in [0.29, 0.717) is 17.3 Å². The maximum Gasteiger partial charge on any atom is 0.338 e. The first kappa shape index (κ1) is 19.8. The molecule has 2 heterocycles. The lowest BCUT2D eigenvalue weighted by Crippen LogP contribution is -2.41. The van der Waals surface area contributed by atoms with Gasteiger partial charge < -0.3 is 4.74 Å². The molecule has 9 heteroatoms. The zero-order chi connectivity index (χ0) is 20.4. The molecule has 0 aromatic heterocycles. The van der Waals surface area contributed by atoms with Crippen LogP contribution in [0.15, 0.2) is 53.2 Å². The van der Waals surface area contributed by atoms with Gasteiger partial charge in [-0.05, 0) is 19.4 Å². The van der Waals surface area contributed by atoms with Gasteiger partial charge in [0, 0.05) is 6.07 Å². The lowest BCUT2D eigenvalue weighted by Gasteiger charge is -2.32. The second-order valence-electron chi connectivity index (χ2n) is 6.22. The van der Waals surface area contributed by atoms with E-state index >= 15 is 0 Å². The lowest BCUT2D eigenvalue weighted by molar-refractivity contribution is -0.385. The molecule has 8 nitrogen and oxygen atoms in total. The van der Waals surface area contributed by atoms with Gasteiger partial charge in [0.25, 0.3) is 5.69 Å². The molecule has 28 heavy (non-hydrogen) atoms. The van der Waals surface area contributed by atoms with Crippen LogP contribution < -0.4 is 0 Å². The third kappa shape index (κ3) is 3.33. The van der Waals surface area contributed by atoms with Gasteiger partial charge in [0.05, 0.1) is 27.0 Å². The van der Waals surface area contributed by atoms with Crippen LogP contribution in [0.1, 0.15) is 31.9 Å². The number of fused-ring (bicyclic) bond motifs is 1. The van der Waals surface area contributed by atoms with Gasteiger partial charge in [-0.25, -0.2) is 9.79 Å². The number of benzene rings is 1. The standard InChI is InChI=1S/C19H19N3O5S/c1-4-10-27-18(24)15-11(3)20-19-21(17(23)14(5-2)28-19)16(15)12-8-6-7-9-13(12)22(25)26/h4,6-9,14,16H,1,5,10H2,2-3H3. The zero-order valence-corrected chi connectivity index (χ0v) is 16.3. The summed E-state index contributed by atoms with van der Waals surface area (Å²) in [6.07, 6.45) is 2.01. The summed E-state index contributed by atoms with van der Waals surface area (Å²) in [5.41, 5.74) is 0.565. The molecule has 2 atom stereocenters. The highest BCUT2D eigenvalue weighted by Gasteiger charge is 2.48. The van der Waals surface area contributed by atoms with Crippen LogP contribution >= 0.6 is 11.8 Å². The van der Waals surface area contributed by atoms with E-state index in [9.17, 15) is 19.7 Å². The number of carbonyl (C=O) groups excluding carboxylic acids is 2. The molecular weight excluding hydrogens is 382 g/mol. The van der Waals surface area contributed by atoms with E-state index in [2.05, 4.69) is 11.6 Å². The maximum absolute atomic E-state index is 13.0. The van der Waals surface area contributed by atoms with Crippen LogP contribution in [0, 0.1) is 10.1 Å². The Labute approximate surface area is 166 Å². The van der Waals surface area contributed by atoms with Crippen molar-refractivity contribution in [2.45, 2.75) is 31.6 Å². The molecule has 1 aromatic carbocycles. The van der Waals surface area contributed by atoms with E-state index in [1.54, 1.807) is 25.1 Å². The smallest absolute Gasteiger partial charge is 0.338 e. The minimum Gasteiger partial charge on any atom is -0.458 e. The summed E-state index contributed by atoms with van der Waals surface area (Å²) in [5, 5.41) is 11.7. The van der Waals surface area contributed by atoms with E-state index in [-0.39, 0.29) is 34.6 Å². The summed E-state index contributed by atoms with van der Waals surface area (Å²) < 4.78 is 5.19.